The lowest BCUT2D eigenvalue weighted by molar-refractivity contribution is -0.145. The topological polar surface area (TPSA) is 78.5 Å². The van der Waals surface area contributed by atoms with E-state index >= 15 is 0 Å². The van der Waals surface area contributed by atoms with Crippen LogP contribution in [-0.4, -0.2) is 34.7 Å². The number of rotatable bonds is 4. The van der Waals surface area contributed by atoms with Gasteiger partial charge in [-0.05, 0) is 43.9 Å². The van der Waals surface area contributed by atoms with Crippen molar-refractivity contribution >= 4 is 39.3 Å². The van der Waals surface area contributed by atoms with Crippen LogP contribution in [0.3, 0.4) is 0 Å². The molecule has 28 heavy (non-hydrogen) atoms. The fourth-order valence-corrected chi connectivity index (χ4v) is 5.48. The van der Waals surface area contributed by atoms with Crippen molar-refractivity contribution in [1.82, 2.24) is 10.2 Å². The molecule has 4 rings (SSSR count). The second-order valence-electron chi connectivity index (χ2n) is 8.64. The smallest absolute Gasteiger partial charge is 0.250 e. The van der Waals surface area contributed by atoms with E-state index < -0.39 is 17.4 Å². The third-order valence-electron chi connectivity index (χ3n) is 6.47. The van der Waals surface area contributed by atoms with Crippen molar-refractivity contribution in [3.8, 4) is 0 Å². The summed E-state index contributed by atoms with van der Waals surface area (Å²) in [5, 5.41) is 6.40. The highest BCUT2D eigenvalue weighted by Crippen LogP contribution is 2.54. The molecule has 2 saturated heterocycles. The third kappa shape index (κ3) is 2.52. The first kappa shape index (κ1) is 19.6. The monoisotopic (exact) mass is 447 g/mol. The number of fused-ring (bicyclic) bond motifs is 4. The van der Waals surface area contributed by atoms with Crippen molar-refractivity contribution in [2.24, 2.45) is 17.8 Å². The van der Waals surface area contributed by atoms with Gasteiger partial charge in [0.1, 0.15) is 5.54 Å². The molecule has 7 heteroatoms. The maximum atomic E-state index is 13.5. The van der Waals surface area contributed by atoms with Crippen molar-refractivity contribution in [3.63, 3.8) is 0 Å². The van der Waals surface area contributed by atoms with Crippen LogP contribution in [0.25, 0.3) is 0 Å². The molecule has 0 aromatic heterocycles. The van der Waals surface area contributed by atoms with Crippen LogP contribution in [0.4, 0.5) is 5.69 Å². The lowest BCUT2D eigenvalue weighted by Gasteiger charge is -2.31. The van der Waals surface area contributed by atoms with Crippen molar-refractivity contribution in [3.05, 3.63) is 28.2 Å². The molecule has 3 heterocycles. The Morgan fingerprint density at radius 2 is 1.89 bits per heavy atom. The Hall–Kier alpha value is -1.73. The molecule has 0 saturated carbocycles. The molecule has 6 nitrogen and oxygen atoms in total. The Morgan fingerprint density at radius 1 is 1.18 bits per heavy atom. The zero-order chi connectivity index (χ0) is 20.4. The van der Waals surface area contributed by atoms with Gasteiger partial charge in [0.2, 0.25) is 17.7 Å². The molecule has 0 aliphatic carbocycles. The summed E-state index contributed by atoms with van der Waals surface area (Å²) in [5.74, 6) is -1.51. The van der Waals surface area contributed by atoms with Crippen LogP contribution >= 0.6 is 15.9 Å². The molecule has 5 atom stereocenters. The van der Waals surface area contributed by atoms with Crippen LogP contribution in [0.1, 0.15) is 46.1 Å². The number of nitrogens with zero attached hydrogens (tertiary/aromatic N) is 1. The van der Waals surface area contributed by atoms with Crippen LogP contribution < -0.4 is 10.6 Å². The quantitative estimate of drug-likeness (QED) is 0.695. The largest absolute Gasteiger partial charge is 0.324 e. The molecule has 3 unspecified atom stereocenters. The summed E-state index contributed by atoms with van der Waals surface area (Å²) in [4.78, 5) is 41.5. The molecule has 0 bridgehead atoms. The van der Waals surface area contributed by atoms with Crippen molar-refractivity contribution < 1.29 is 14.4 Å². The normalized spacial score (nSPS) is 32.3. The molecule has 3 aliphatic heterocycles. The number of nitrogens with one attached hydrogen (secondary N) is 2. The highest BCUT2D eigenvalue weighted by molar-refractivity contribution is 9.10. The molecule has 150 valence electrons. The number of imide groups is 1. The third-order valence-corrected chi connectivity index (χ3v) is 6.96. The molecule has 1 aromatic rings. The van der Waals surface area contributed by atoms with Crippen molar-refractivity contribution in [2.75, 3.05) is 5.32 Å². The number of carbonyl (C=O) groups excluding carboxylic acids is 3. The number of anilines is 1. The predicted octanol–water partition coefficient (Wildman–Crippen LogP) is 3.01. The van der Waals surface area contributed by atoms with E-state index in [0.29, 0.717) is 18.0 Å². The SMILES string of the molecule is CCC(C)N1C(=O)[C@H]2C(CC(C)C)NC3(C(=O)Nc4ccc(Br)cc43)[C@H]2C1=O. The standard InChI is InChI=1S/C21H26BrN3O3/c1-5-11(4)25-18(26)16-15(8-10(2)3)24-21(17(16)19(25)27)13-9-12(22)6-7-14(13)23-20(21)28/h6-7,9-11,15-17,24H,5,8H2,1-4H3,(H,23,28)/t11?,15?,16-,17+,21?/m0/s1. The summed E-state index contributed by atoms with van der Waals surface area (Å²) in [5.41, 5.74) is 0.255. The van der Waals surface area contributed by atoms with Crippen LogP contribution in [-0.2, 0) is 19.9 Å². The summed E-state index contributed by atoms with van der Waals surface area (Å²) >= 11 is 3.49. The van der Waals surface area contributed by atoms with E-state index in [-0.39, 0.29) is 29.8 Å². The lowest BCUT2D eigenvalue weighted by atomic mass is 9.76. The van der Waals surface area contributed by atoms with Crippen molar-refractivity contribution in [1.29, 1.82) is 0 Å². The zero-order valence-electron chi connectivity index (χ0n) is 16.6. The van der Waals surface area contributed by atoms with Crippen molar-refractivity contribution in [2.45, 2.75) is 58.2 Å². The van der Waals surface area contributed by atoms with Gasteiger partial charge in [-0.15, -0.1) is 0 Å². The maximum absolute atomic E-state index is 13.5. The minimum atomic E-state index is -1.20. The lowest BCUT2D eigenvalue weighted by Crippen LogP contribution is -2.54. The number of amides is 3. The first-order valence-corrected chi connectivity index (χ1v) is 10.8. The van der Waals surface area contributed by atoms with E-state index in [4.69, 9.17) is 0 Å². The molecule has 1 aromatic carbocycles. The second-order valence-corrected chi connectivity index (χ2v) is 9.56. The van der Waals surface area contributed by atoms with Gasteiger partial charge in [0.15, 0.2) is 0 Å². The molecule has 3 amide bonds. The number of carbonyl (C=O) groups is 3. The van der Waals surface area contributed by atoms with E-state index in [1.165, 1.54) is 4.90 Å². The minimum absolute atomic E-state index is 0.143. The van der Waals surface area contributed by atoms with Gasteiger partial charge in [-0.2, -0.15) is 0 Å². The molecular formula is C21H26BrN3O3. The summed E-state index contributed by atoms with van der Waals surface area (Å²) < 4.78 is 0.836. The van der Waals surface area contributed by atoms with E-state index in [9.17, 15) is 14.4 Å². The highest BCUT2D eigenvalue weighted by atomic mass is 79.9. The van der Waals surface area contributed by atoms with Gasteiger partial charge >= 0.3 is 0 Å². The first-order chi connectivity index (χ1) is 13.2. The van der Waals surface area contributed by atoms with Gasteiger partial charge in [0.25, 0.3) is 0 Å². The molecule has 2 N–H and O–H groups in total. The number of benzene rings is 1. The Kier molecular flexibility index (Phi) is 4.66. The van der Waals surface area contributed by atoms with E-state index in [0.717, 1.165) is 16.5 Å². The first-order valence-electron chi connectivity index (χ1n) is 9.98. The Balaban J connectivity index is 1.89. The van der Waals surface area contributed by atoms with E-state index in [1.54, 1.807) is 0 Å². The molecular weight excluding hydrogens is 422 g/mol. The molecule has 0 radical (unpaired) electrons. The van der Waals surface area contributed by atoms with Crippen LogP contribution in [0, 0.1) is 17.8 Å². The maximum Gasteiger partial charge on any atom is 0.250 e. The average molecular weight is 448 g/mol. The predicted molar refractivity (Wildman–Crippen MR) is 109 cm³/mol. The molecule has 2 fully saturated rings. The highest BCUT2D eigenvalue weighted by Gasteiger charge is 2.70. The minimum Gasteiger partial charge on any atom is -0.324 e. The van der Waals surface area contributed by atoms with E-state index in [1.807, 2.05) is 32.0 Å². The number of likely N-dealkylation sites (tertiary alicyclic amines) is 1. The number of hydrogen-bond acceptors (Lipinski definition) is 4. The van der Waals surface area contributed by atoms with Crippen LogP contribution in [0.15, 0.2) is 22.7 Å². The Bertz CT molecular complexity index is 870. The van der Waals surface area contributed by atoms with Gasteiger partial charge in [-0.1, -0.05) is 36.7 Å². The Morgan fingerprint density at radius 3 is 2.54 bits per heavy atom. The summed E-state index contributed by atoms with van der Waals surface area (Å²) in [6.07, 6.45) is 1.42. The van der Waals surface area contributed by atoms with Gasteiger partial charge < -0.3 is 5.32 Å². The fraction of sp³-hybridized carbons (Fsp3) is 0.571. The fourth-order valence-electron chi connectivity index (χ4n) is 5.12. The molecule has 3 aliphatic rings. The number of halogens is 1. The van der Waals surface area contributed by atoms with Gasteiger partial charge in [0.05, 0.1) is 11.8 Å². The van der Waals surface area contributed by atoms with Gasteiger partial charge in [-0.25, -0.2) is 0 Å². The average Bonchev–Trinajstić information content (AvgIpc) is 3.20. The summed E-state index contributed by atoms with van der Waals surface area (Å²) in [6, 6.07) is 5.20. The second kappa shape index (κ2) is 6.66. The van der Waals surface area contributed by atoms with Crippen LogP contribution in [0.5, 0.6) is 0 Å². The summed E-state index contributed by atoms with van der Waals surface area (Å²) in [7, 11) is 0. The Labute approximate surface area is 173 Å². The van der Waals surface area contributed by atoms with Gasteiger partial charge in [-0.3, -0.25) is 24.6 Å². The number of hydrogen-bond donors (Lipinski definition) is 2. The zero-order valence-corrected chi connectivity index (χ0v) is 18.2. The molecule has 1 spiro atoms. The van der Waals surface area contributed by atoms with Crippen LogP contribution in [0.2, 0.25) is 0 Å². The van der Waals surface area contributed by atoms with Gasteiger partial charge in [0, 0.05) is 27.8 Å². The summed E-state index contributed by atoms with van der Waals surface area (Å²) in [6.45, 7) is 8.05. The van der Waals surface area contributed by atoms with E-state index in [2.05, 4.69) is 40.4 Å².